The van der Waals surface area contributed by atoms with Crippen LogP contribution in [-0.2, 0) is 14.0 Å². The molecule has 0 N–H and O–H groups in total. The lowest BCUT2D eigenvalue weighted by Crippen LogP contribution is -2.29. The minimum Gasteiger partial charge on any atom is -0.466 e. The molecule has 1 aromatic rings. The fourth-order valence-corrected chi connectivity index (χ4v) is 2.77. The zero-order valence-electron chi connectivity index (χ0n) is 11.6. The molecule has 0 radical (unpaired) electrons. The Balaban J connectivity index is 2.79. The van der Waals surface area contributed by atoms with E-state index in [9.17, 15) is 4.79 Å². The Morgan fingerprint density at radius 1 is 1.22 bits per heavy atom. The Bertz CT molecular complexity index is 370. The SMILES string of the molecule is CCOC(=O)C[C@H](O[Si](C)(C)C)c1ccccc1. The third-order valence-electron chi connectivity index (χ3n) is 2.32. The summed E-state index contributed by atoms with van der Waals surface area (Å²) in [7, 11) is -1.70. The molecular weight excluding hydrogens is 244 g/mol. The monoisotopic (exact) mass is 266 g/mol. The van der Waals surface area contributed by atoms with Crippen LogP contribution in [0.15, 0.2) is 30.3 Å². The van der Waals surface area contributed by atoms with Gasteiger partial charge in [-0.1, -0.05) is 30.3 Å². The molecule has 0 fully saturated rings. The van der Waals surface area contributed by atoms with Crippen molar-refractivity contribution in [2.24, 2.45) is 0 Å². The molecule has 0 aliphatic rings. The zero-order valence-corrected chi connectivity index (χ0v) is 12.6. The summed E-state index contributed by atoms with van der Waals surface area (Å²) in [6.07, 6.45) is 0.0826. The number of rotatable bonds is 6. The number of hydrogen-bond acceptors (Lipinski definition) is 3. The second-order valence-electron chi connectivity index (χ2n) is 5.14. The van der Waals surface area contributed by atoms with Gasteiger partial charge in [0.2, 0.25) is 0 Å². The van der Waals surface area contributed by atoms with Crippen molar-refractivity contribution in [2.75, 3.05) is 6.61 Å². The maximum Gasteiger partial charge on any atom is 0.308 e. The topological polar surface area (TPSA) is 35.5 Å². The highest BCUT2D eigenvalue weighted by Crippen LogP contribution is 2.25. The van der Waals surface area contributed by atoms with Crippen molar-refractivity contribution in [2.45, 2.75) is 39.1 Å². The number of carbonyl (C=O) groups is 1. The molecule has 18 heavy (non-hydrogen) atoms. The summed E-state index contributed by atoms with van der Waals surface area (Å²) in [5.41, 5.74) is 1.04. The second kappa shape index (κ2) is 6.71. The minimum atomic E-state index is -1.70. The summed E-state index contributed by atoms with van der Waals surface area (Å²) >= 11 is 0. The molecule has 0 saturated carbocycles. The van der Waals surface area contributed by atoms with Crippen molar-refractivity contribution in [3.05, 3.63) is 35.9 Å². The van der Waals surface area contributed by atoms with Crippen LogP contribution in [0.25, 0.3) is 0 Å². The van der Waals surface area contributed by atoms with Crippen LogP contribution in [0.2, 0.25) is 19.6 Å². The normalized spacial score (nSPS) is 13.1. The molecular formula is C14H22O3Si. The molecule has 3 nitrogen and oxygen atoms in total. The number of esters is 1. The molecule has 0 spiro atoms. The van der Waals surface area contributed by atoms with Crippen LogP contribution in [0.5, 0.6) is 0 Å². The maximum absolute atomic E-state index is 11.6. The number of ether oxygens (including phenoxy) is 1. The van der Waals surface area contributed by atoms with E-state index in [1.165, 1.54) is 0 Å². The predicted octanol–water partition coefficient (Wildman–Crippen LogP) is 3.53. The molecule has 100 valence electrons. The van der Waals surface area contributed by atoms with Gasteiger partial charge in [0.05, 0.1) is 19.1 Å². The van der Waals surface area contributed by atoms with E-state index in [0.29, 0.717) is 6.61 Å². The van der Waals surface area contributed by atoms with Crippen molar-refractivity contribution >= 4 is 14.3 Å². The molecule has 0 aliphatic carbocycles. The average molecular weight is 266 g/mol. The van der Waals surface area contributed by atoms with Crippen molar-refractivity contribution < 1.29 is 14.0 Å². The summed E-state index contributed by atoms with van der Waals surface area (Å²) in [5, 5.41) is 0. The lowest BCUT2D eigenvalue weighted by atomic mass is 10.1. The molecule has 0 aliphatic heterocycles. The highest BCUT2D eigenvalue weighted by molar-refractivity contribution is 6.69. The van der Waals surface area contributed by atoms with E-state index in [0.717, 1.165) is 5.56 Å². The first kappa shape index (κ1) is 14.9. The smallest absolute Gasteiger partial charge is 0.308 e. The third-order valence-corrected chi connectivity index (χ3v) is 3.32. The van der Waals surface area contributed by atoms with Gasteiger partial charge in [-0.3, -0.25) is 4.79 Å². The molecule has 1 atom stereocenters. The molecule has 0 saturated heterocycles. The van der Waals surface area contributed by atoms with Gasteiger partial charge in [0.15, 0.2) is 8.32 Å². The van der Waals surface area contributed by atoms with Crippen LogP contribution < -0.4 is 0 Å². The van der Waals surface area contributed by atoms with Gasteiger partial charge in [-0.05, 0) is 32.1 Å². The highest BCUT2D eigenvalue weighted by atomic mass is 28.4. The lowest BCUT2D eigenvalue weighted by molar-refractivity contribution is -0.145. The number of carbonyl (C=O) groups excluding carboxylic acids is 1. The first-order valence-electron chi connectivity index (χ1n) is 6.31. The minimum absolute atomic E-state index is 0.197. The van der Waals surface area contributed by atoms with Crippen molar-refractivity contribution in [3.63, 3.8) is 0 Å². The van der Waals surface area contributed by atoms with Gasteiger partial charge in [-0.25, -0.2) is 0 Å². The zero-order chi connectivity index (χ0) is 13.6. The fraction of sp³-hybridized carbons (Fsp3) is 0.500. The third kappa shape index (κ3) is 5.47. The van der Waals surface area contributed by atoms with E-state index in [1.54, 1.807) is 0 Å². The van der Waals surface area contributed by atoms with Crippen molar-refractivity contribution in [3.8, 4) is 0 Å². The van der Waals surface area contributed by atoms with E-state index in [2.05, 4.69) is 19.6 Å². The molecule has 0 aromatic heterocycles. The summed E-state index contributed by atoms with van der Waals surface area (Å²) in [4.78, 5) is 11.6. The van der Waals surface area contributed by atoms with Crippen LogP contribution in [0.3, 0.4) is 0 Å². The van der Waals surface area contributed by atoms with Gasteiger partial charge < -0.3 is 9.16 Å². The molecule has 0 heterocycles. The van der Waals surface area contributed by atoms with Crippen molar-refractivity contribution in [1.82, 2.24) is 0 Å². The van der Waals surface area contributed by atoms with Gasteiger partial charge >= 0.3 is 5.97 Å². The Kier molecular flexibility index (Phi) is 5.56. The molecule has 1 rings (SSSR count). The van der Waals surface area contributed by atoms with E-state index < -0.39 is 8.32 Å². The summed E-state index contributed by atoms with van der Waals surface area (Å²) in [5.74, 6) is -0.204. The van der Waals surface area contributed by atoms with Crippen LogP contribution in [-0.4, -0.2) is 20.9 Å². The first-order valence-corrected chi connectivity index (χ1v) is 9.71. The number of benzene rings is 1. The van der Waals surface area contributed by atoms with Gasteiger partial charge in [0, 0.05) is 0 Å². The van der Waals surface area contributed by atoms with E-state index in [1.807, 2.05) is 37.3 Å². The first-order chi connectivity index (χ1) is 8.42. The largest absolute Gasteiger partial charge is 0.466 e. The Morgan fingerprint density at radius 3 is 2.33 bits per heavy atom. The summed E-state index contributed by atoms with van der Waals surface area (Å²) in [6, 6.07) is 9.86. The van der Waals surface area contributed by atoms with Gasteiger partial charge in [-0.2, -0.15) is 0 Å². The fourth-order valence-electron chi connectivity index (χ4n) is 1.69. The molecule has 0 amide bonds. The quantitative estimate of drug-likeness (QED) is 0.583. The molecule has 0 bridgehead atoms. The van der Waals surface area contributed by atoms with Crippen LogP contribution >= 0.6 is 0 Å². The summed E-state index contributed by atoms with van der Waals surface area (Å²) < 4.78 is 11.1. The predicted molar refractivity (Wildman–Crippen MR) is 74.9 cm³/mol. The molecule has 4 heteroatoms. The molecule has 1 aromatic carbocycles. The Hall–Kier alpha value is -1.13. The highest BCUT2D eigenvalue weighted by Gasteiger charge is 2.24. The maximum atomic E-state index is 11.6. The average Bonchev–Trinajstić information content (AvgIpc) is 2.28. The Morgan fingerprint density at radius 2 is 1.83 bits per heavy atom. The van der Waals surface area contributed by atoms with Crippen LogP contribution in [0, 0.1) is 0 Å². The van der Waals surface area contributed by atoms with Gasteiger partial charge in [0.1, 0.15) is 0 Å². The van der Waals surface area contributed by atoms with Crippen LogP contribution in [0.1, 0.15) is 25.0 Å². The van der Waals surface area contributed by atoms with E-state index >= 15 is 0 Å². The molecule has 0 unspecified atom stereocenters. The van der Waals surface area contributed by atoms with Gasteiger partial charge in [-0.15, -0.1) is 0 Å². The van der Waals surface area contributed by atoms with E-state index in [-0.39, 0.29) is 18.5 Å². The van der Waals surface area contributed by atoms with Gasteiger partial charge in [0.25, 0.3) is 0 Å². The van der Waals surface area contributed by atoms with Crippen molar-refractivity contribution in [1.29, 1.82) is 0 Å². The standard InChI is InChI=1S/C14H22O3Si/c1-5-16-14(15)11-13(17-18(2,3)4)12-9-7-6-8-10-12/h6-10,13H,5,11H2,1-4H3/t13-/m0/s1. The second-order valence-corrected chi connectivity index (χ2v) is 9.60. The Labute approximate surface area is 110 Å². The lowest BCUT2D eigenvalue weighted by Gasteiger charge is -2.26. The number of hydrogen-bond donors (Lipinski definition) is 0. The van der Waals surface area contributed by atoms with E-state index in [4.69, 9.17) is 9.16 Å². The summed E-state index contributed by atoms with van der Waals surface area (Å²) in [6.45, 7) is 8.58. The van der Waals surface area contributed by atoms with Crippen LogP contribution in [0.4, 0.5) is 0 Å².